The van der Waals surface area contributed by atoms with Crippen molar-refractivity contribution in [3.8, 4) is 5.75 Å². The Morgan fingerprint density at radius 2 is 2.04 bits per heavy atom. The van der Waals surface area contributed by atoms with E-state index in [1.165, 1.54) is 0 Å². The molecule has 0 aliphatic carbocycles. The van der Waals surface area contributed by atoms with Crippen LogP contribution in [0.15, 0.2) is 42.7 Å². The first-order valence-electron chi connectivity index (χ1n) is 8.07. The van der Waals surface area contributed by atoms with Gasteiger partial charge in [0.2, 0.25) is 0 Å². The normalized spacial score (nSPS) is 20.9. The monoisotopic (exact) mass is 326 g/mol. The molecule has 0 saturated carbocycles. The smallest absolute Gasteiger partial charge is 0.308 e. The first-order chi connectivity index (χ1) is 11.6. The lowest BCUT2D eigenvalue weighted by Gasteiger charge is -2.18. The first kappa shape index (κ1) is 16.5. The lowest BCUT2D eigenvalue weighted by Crippen LogP contribution is -2.23. The van der Waals surface area contributed by atoms with Gasteiger partial charge >= 0.3 is 5.97 Å². The van der Waals surface area contributed by atoms with Crippen molar-refractivity contribution in [2.75, 3.05) is 20.2 Å². The summed E-state index contributed by atoms with van der Waals surface area (Å²) in [4.78, 5) is 18.1. The molecule has 5 heteroatoms. The highest BCUT2D eigenvalue weighted by Crippen LogP contribution is 2.34. The third kappa shape index (κ3) is 3.26. The summed E-state index contributed by atoms with van der Waals surface area (Å²) in [7, 11) is 1.63. The zero-order valence-electron chi connectivity index (χ0n) is 14.0. The molecule has 0 radical (unpaired) electrons. The number of hydrogen-bond acceptors (Lipinski definition) is 4. The van der Waals surface area contributed by atoms with Crippen molar-refractivity contribution in [2.24, 2.45) is 5.92 Å². The van der Waals surface area contributed by atoms with Crippen LogP contribution in [-0.4, -0.2) is 41.2 Å². The fourth-order valence-electron chi connectivity index (χ4n) is 3.46. The van der Waals surface area contributed by atoms with Crippen LogP contribution < -0.4 is 4.74 Å². The van der Waals surface area contributed by atoms with E-state index in [4.69, 9.17) is 4.74 Å². The Morgan fingerprint density at radius 3 is 2.71 bits per heavy atom. The van der Waals surface area contributed by atoms with Gasteiger partial charge in [-0.2, -0.15) is 0 Å². The van der Waals surface area contributed by atoms with E-state index in [-0.39, 0.29) is 11.8 Å². The molecular formula is C19H22N2O3. The molecule has 1 saturated heterocycles. The number of benzene rings is 1. The second-order valence-electron chi connectivity index (χ2n) is 6.28. The standard InChI is InChI=1S/C19H22N2O3/c1-13-15(8-20-9-18(13)24-2)10-21-11-16(17(12-21)19(22)23)14-6-4-3-5-7-14/h3-9,16-17H,10-12H2,1-2H3,(H,22,23)/t16-,17+/m1/s1. The summed E-state index contributed by atoms with van der Waals surface area (Å²) in [6.45, 7) is 3.97. The summed E-state index contributed by atoms with van der Waals surface area (Å²) in [5.74, 6) is -0.332. The van der Waals surface area contributed by atoms with Gasteiger partial charge in [-0.1, -0.05) is 30.3 Å². The number of likely N-dealkylation sites (tertiary alicyclic amines) is 1. The molecule has 1 aliphatic heterocycles. The Hall–Kier alpha value is -2.40. The molecule has 24 heavy (non-hydrogen) atoms. The van der Waals surface area contributed by atoms with Gasteiger partial charge in [0, 0.05) is 31.7 Å². The van der Waals surface area contributed by atoms with Gasteiger partial charge in [0.05, 0.1) is 19.2 Å². The van der Waals surface area contributed by atoms with Crippen molar-refractivity contribution < 1.29 is 14.6 Å². The van der Waals surface area contributed by atoms with Crippen LogP contribution in [0, 0.1) is 12.8 Å². The maximum absolute atomic E-state index is 11.7. The zero-order chi connectivity index (χ0) is 17.1. The molecule has 2 atom stereocenters. The lowest BCUT2D eigenvalue weighted by atomic mass is 9.89. The number of nitrogens with zero attached hydrogens (tertiary/aromatic N) is 2. The van der Waals surface area contributed by atoms with E-state index in [9.17, 15) is 9.90 Å². The molecule has 1 N–H and O–H groups in total. The van der Waals surface area contributed by atoms with Crippen LogP contribution in [0.2, 0.25) is 0 Å². The van der Waals surface area contributed by atoms with Crippen molar-refractivity contribution in [3.05, 3.63) is 59.4 Å². The van der Waals surface area contributed by atoms with Crippen LogP contribution in [0.3, 0.4) is 0 Å². The molecule has 0 bridgehead atoms. The molecular weight excluding hydrogens is 304 g/mol. The molecule has 1 fully saturated rings. The molecule has 126 valence electrons. The Labute approximate surface area is 141 Å². The number of carboxylic acids is 1. The number of carbonyl (C=O) groups is 1. The van der Waals surface area contributed by atoms with E-state index in [0.29, 0.717) is 13.1 Å². The van der Waals surface area contributed by atoms with E-state index < -0.39 is 5.97 Å². The predicted octanol–water partition coefficient (Wildman–Crippen LogP) is 2.70. The van der Waals surface area contributed by atoms with Crippen molar-refractivity contribution >= 4 is 5.97 Å². The molecule has 5 nitrogen and oxygen atoms in total. The molecule has 2 aromatic rings. The summed E-state index contributed by atoms with van der Waals surface area (Å²) in [6.07, 6.45) is 3.54. The average molecular weight is 326 g/mol. The van der Waals surface area contributed by atoms with E-state index >= 15 is 0 Å². The number of hydrogen-bond donors (Lipinski definition) is 1. The van der Waals surface area contributed by atoms with Crippen molar-refractivity contribution in [3.63, 3.8) is 0 Å². The van der Waals surface area contributed by atoms with E-state index in [0.717, 1.165) is 29.0 Å². The number of rotatable bonds is 5. The van der Waals surface area contributed by atoms with Gasteiger partial charge < -0.3 is 9.84 Å². The highest BCUT2D eigenvalue weighted by molar-refractivity contribution is 5.72. The van der Waals surface area contributed by atoms with Crippen LogP contribution in [0.4, 0.5) is 0 Å². The van der Waals surface area contributed by atoms with Gasteiger partial charge in [-0.25, -0.2) is 0 Å². The summed E-state index contributed by atoms with van der Waals surface area (Å²) in [6, 6.07) is 9.92. The van der Waals surface area contributed by atoms with Crippen molar-refractivity contribution in [2.45, 2.75) is 19.4 Å². The quantitative estimate of drug-likeness (QED) is 0.915. The minimum Gasteiger partial charge on any atom is -0.495 e. The number of methoxy groups -OCH3 is 1. The van der Waals surface area contributed by atoms with E-state index in [1.807, 2.05) is 43.5 Å². The van der Waals surface area contributed by atoms with Gasteiger partial charge in [-0.15, -0.1) is 0 Å². The Balaban J connectivity index is 1.80. The van der Waals surface area contributed by atoms with E-state index in [1.54, 1.807) is 13.3 Å². The molecule has 1 aliphatic rings. The number of pyridine rings is 1. The predicted molar refractivity (Wildman–Crippen MR) is 91.1 cm³/mol. The van der Waals surface area contributed by atoms with Gasteiger partial charge in [-0.3, -0.25) is 14.7 Å². The fourth-order valence-corrected chi connectivity index (χ4v) is 3.46. The van der Waals surface area contributed by atoms with Gasteiger partial charge in [0.1, 0.15) is 5.75 Å². The molecule has 1 aromatic heterocycles. The van der Waals surface area contributed by atoms with Crippen molar-refractivity contribution in [1.82, 2.24) is 9.88 Å². The largest absolute Gasteiger partial charge is 0.495 e. The maximum Gasteiger partial charge on any atom is 0.308 e. The zero-order valence-corrected chi connectivity index (χ0v) is 14.0. The van der Waals surface area contributed by atoms with Crippen molar-refractivity contribution in [1.29, 1.82) is 0 Å². The molecule has 0 spiro atoms. The average Bonchev–Trinajstić information content (AvgIpc) is 3.02. The number of aromatic nitrogens is 1. The Kier molecular flexibility index (Phi) is 4.81. The minimum absolute atomic E-state index is 0.0163. The van der Waals surface area contributed by atoms with E-state index in [2.05, 4.69) is 9.88 Å². The number of ether oxygens (including phenoxy) is 1. The summed E-state index contributed by atoms with van der Waals surface area (Å²) in [5, 5.41) is 9.61. The Bertz CT molecular complexity index is 718. The third-order valence-corrected chi connectivity index (χ3v) is 4.83. The second kappa shape index (κ2) is 7.01. The molecule has 0 unspecified atom stereocenters. The van der Waals surface area contributed by atoms with Crippen LogP contribution >= 0.6 is 0 Å². The number of carboxylic acid groups (broad SMARTS) is 1. The minimum atomic E-state index is -0.730. The van der Waals surface area contributed by atoms with Crippen LogP contribution in [-0.2, 0) is 11.3 Å². The topological polar surface area (TPSA) is 62.7 Å². The molecule has 3 rings (SSSR count). The van der Waals surface area contributed by atoms with Gasteiger partial charge in [0.15, 0.2) is 0 Å². The summed E-state index contributed by atoms with van der Waals surface area (Å²) in [5.41, 5.74) is 3.22. The third-order valence-electron chi connectivity index (χ3n) is 4.83. The van der Waals surface area contributed by atoms with Crippen LogP contribution in [0.1, 0.15) is 22.6 Å². The lowest BCUT2D eigenvalue weighted by molar-refractivity contribution is -0.141. The first-order valence-corrected chi connectivity index (χ1v) is 8.07. The summed E-state index contributed by atoms with van der Waals surface area (Å²) >= 11 is 0. The van der Waals surface area contributed by atoms with Crippen LogP contribution in [0.5, 0.6) is 5.75 Å². The van der Waals surface area contributed by atoms with Gasteiger partial charge in [0.25, 0.3) is 0 Å². The summed E-state index contributed by atoms with van der Waals surface area (Å²) < 4.78 is 5.32. The van der Waals surface area contributed by atoms with Gasteiger partial charge in [-0.05, 0) is 23.6 Å². The highest BCUT2D eigenvalue weighted by atomic mass is 16.5. The number of aliphatic carboxylic acids is 1. The van der Waals surface area contributed by atoms with Crippen LogP contribution in [0.25, 0.3) is 0 Å². The molecule has 0 amide bonds. The fraction of sp³-hybridized carbons (Fsp3) is 0.368. The SMILES string of the molecule is COc1cncc(CN2C[C@H](C(=O)O)[C@@H](c3ccccc3)C2)c1C. The highest BCUT2D eigenvalue weighted by Gasteiger charge is 2.38. The second-order valence-corrected chi connectivity index (χ2v) is 6.28. The molecule has 1 aromatic carbocycles. The maximum atomic E-state index is 11.7. The Morgan fingerprint density at radius 1 is 1.29 bits per heavy atom. The molecule has 2 heterocycles.